The van der Waals surface area contributed by atoms with Gasteiger partial charge in [-0.3, -0.25) is 14.4 Å². The van der Waals surface area contributed by atoms with Gasteiger partial charge in [-0.25, -0.2) is 0 Å². The lowest BCUT2D eigenvalue weighted by Crippen LogP contribution is -2.40. The minimum Gasteiger partial charge on any atom is -0.493 e. The van der Waals surface area contributed by atoms with E-state index in [2.05, 4.69) is 10.6 Å². The maximum absolute atomic E-state index is 12.6. The maximum Gasteiger partial charge on any atom is 0.416 e. The van der Waals surface area contributed by atoms with Crippen molar-refractivity contribution in [2.75, 3.05) is 19.0 Å². The van der Waals surface area contributed by atoms with E-state index in [0.717, 1.165) is 56.4 Å². The van der Waals surface area contributed by atoms with Gasteiger partial charge in [0.25, 0.3) is 11.8 Å². The molecular formula is C24H25F3N2O5. The Morgan fingerprint density at radius 3 is 2.26 bits per heavy atom. The highest BCUT2D eigenvalue weighted by Gasteiger charge is 2.30. The third kappa shape index (κ3) is 6.72. The molecule has 1 fully saturated rings. The van der Waals surface area contributed by atoms with Crippen molar-refractivity contribution in [2.24, 2.45) is 0 Å². The summed E-state index contributed by atoms with van der Waals surface area (Å²) in [7, 11) is 1.35. The van der Waals surface area contributed by atoms with Crippen LogP contribution in [-0.2, 0) is 15.8 Å². The lowest BCUT2D eigenvalue weighted by atomic mass is 9.95. The SMILES string of the molecule is COc1cc(C(=O)C(=O)NC2CCCCC2)ccc1OCC(=O)Nc1ccc(C(F)(F)F)cc1. The van der Waals surface area contributed by atoms with Gasteiger partial charge in [0.15, 0.2) is 18.1 Å². The number of carbonyl (C=O) groups is 3. The first-order valence-electron chi connectivity index (χ1n) is 10.8. The second-order valence-corrected chi connectivity index (χ2v) is 7.92. The molecule has 0 aliphatic heterocycles. The molecule has 2 N–H and O–H groups in total. The Morgan fingerprint density at radius 2 is 1.65 bits per heavy atom. The molecule has 2 aromatic rings. The lowest BCUT2D eigenvalue weighted by Gasteiger charge is -2.22. The number of hydrogen-bond acceptors (Lipinski definition) is 5. The molecule has 182 valence electrons. The fourth-order valence-electron chi connectivity index (χ4n) is 3.64. The van der Waals surface area contributed by atoms with Gasteiger partial charge in [-0.05, 0) is 55.3 Å². The van der Waals surface area contributed by atoms with Crippen molar-refractivity contribution < 1.29 is 37.0 Å². The van der Waals surface area contributed by atoms with Crippen LogP contribution < -0.4 is 20.1 Å². The number of alkyl halides is 3. The standard InChI is InChI=1S/C24H25F3N2O5/c1-33-20-13-15(22(31)23(32)29-17-5-3-2-4-6-17)7-12-19(20)34-14-21(30)28-18-10-8-16(9-11-18)24(25,26)27/h7-13,17H,2-6,14H2,1H3,(H,28,30)(H,29,32). The largest absolute Gasteiger partial charge is 0.493 e. The number of halogens is 3. The van der Waals surface area contributed by atoms with Gasteiger partial charge in [0, 0.05) is 17.3 Å². The topological polar surface area (TPSA) is 93.7 Å². The van der Waals surface area contributed by atoms with Crippen molar-refractivity contribution in [3.63, 3.8) is 0 Å². The van der Waals surface area contributed by atoms with E-state index in [9.17, 15) is 27.6 Å². The summed E-state index contributed by atoms with van der Waals surface area (Å²) in [5.41, 5.74) is -0.529. The fourth-order valence-corrected chi connectivity index (χ4v) is 3.64. The summed E-state index contributed by atoms with van der Waals surface area (Å²) in [6, 6.07) is 8.16. The van der Waals surface area contributed by atoms with E-state index < -0.39 is 35.9 Å². The van der Waals surface area contributed by atoms with E-state index in [4.69, 9.17) is 9.47 Å². The molecule has 10 heteroatoms. The highest BCUT2D eigenvalue weighted by atomic mass is 19.4. The molecule has 0 radical (unpaired) electrons. The Morgan fingerprint density at radius 1 is 0.971 bits per heavy atom. The fraction of sp³-hybridized carbons (Fsp3) is 0.375. The van der Waals surface area contributed by atoms with E-state index in [0.29, 0.717) is 0 Å². The van der Waals surface area contributed by atoms with Crippen LogP contribution in [0.15, 0.2) is 42.5 Å². The number of nitrogens with one attached hydrogen (secondary N) is 2. The zero-order chi connectivity index (χ0) is 24.7. The first-order valence-corrected chi connectivity index (χ1v) is 10.8. The predicted octanol–water partition coefficient (Wildman–Crippen LogP) is 4.36. The number of amides is 2. The molecule has 34 heavy (non-hydrogen) atoms. The molecule has 1 saturated carbocycles. The molecule has 0 heterocycles. The van der Waals surface area contributed by atoms with Crippen molar-refractivity contribution in [2.45, 2.75) is 44.3 Å². The van der Waals surface area contributed by atoms with Crippen molar-refractivity contribution in [3.05, 3.63) is 53.6 Å². The van der Waals surface area contributed by atoms with Crippen LogP contribution in [0.3, 0.4) is 0 Å². The molecule has 7 nitrogen and oxygen atoms in total. The zero-order valence-electron chi connectivity index (χ0n) is 18.5. The number of anilines is 1. The summed E-state index contributed by atoms with van der Waals surface area (Å²) in [5.74, 6) is -1.67. The van der Waals surface area contributed by atoms with Crippen LogP contribution in [-0.4, -0.2) is 37.4 Å². The summed E-state index contributed by atoms with van der Waals surface area (Å²) in [4.78, 5) is 36.9. The summed E-state index contributed by atoms with van der Waals surface area (Å²) in [6.45, 7) is -0.452. The minimum atomic E-state index is -4.47. The van der Waals surface area contributed by atoms with Crippen molar-refractivity contribution in [1.82, 2.24) is 5.32 Å². The average Bonchev–Trinajstić information content (AvgIpc) is 2.82. The monoisotopic (exact) mass is 478 g/mol. The number of hydrogen-bond donors (Lipinski definition) is 2. The van der Waals surface area contributed by atoms with Crippen LogP contribution in [0, 0.1) is 0 Å². The molecule has 0 bridgehead atoms. The van der Waals surface area contributed by atoms with Gasteiger partial charge in [0.2, 0.25) is 5.78 Å². The normalized spacial score (nSPS) is 14.2. The Labute approximate surface area is 194 Å². The Hall–Kier alpha value is -3.56. The third-order valence-electron chi connectivity index (χ3n) is 5.43. The number of benzene rings is 2. The molecule has 1 aliphatic carbocycles. The van der Waals surface area contributed by atoms with Crippen LogP contribution in [0.5, 0.6) is 11.5 Å². The van der Waals surface area contributed by atoms with Crippen LogP contribution in [0.4, 0.5) is 18.9 Å². The quantitative estimate of drug-likeness (QED) is 0.434. The highest BCUT2D eigenvalue weighted by molar-refractivity contribution is 6.42. The van der Waals surface area contributed by atoms with Crippen LogP contribution in [0.1, 0.15) is 48.0 Å². The van der Waals surface area contributed by atoms with Crippen LogP contribution in [0.25, 0.3) is 0 Å². The molecule has 0 aromatic heterocycles. The molecule has 0 saturated heterocycles. The maximum atomic E-state index is 12.6. The van der Waals surface area contributed by atoms with E-state index >= 15 is 0 Å². The van der Waals surface area contributed by atoms with Gasteiger partial charge in [0.1, 0.15) is 0 Å². The summed E-state index contributed by atoms with van der Waals surface area (Å²) in [5, 5.41) is 5.20. The molecule has 3 rings (SSSR count). The summed E-state index contributed by atoms with van der Waals surface area (Å²) < 4.78 is 48.5. The van der Waals surface area contributed by atoms with Gasteiger partial charge in [-0.15, -0.1) is 0 Å². The predicted molar refractivity (Wildman–Crippen MR) is 118 cm³/mol. The van der Waals surface area contributed by atoms with E-state index in [-0.39, 0.29) is 28.8 Å². The van der Waals surface area contributed by atoms with Crippen LogP contribution >= 0.6 is 0 Å². The third-order valence-corrected chi connectivity index (χ3v) is 5.43. The molecule has 2 aromatic carbocycles. The van der Waals surface area contributed by atoms with Gasteiger partial charge < -0.3 is 20.1 Å². The first kappa shape index (κ1) is 25.1. The molecule has 0 spiro atoms. The number of rotatable bonds is 8. The molecular weight excluding hydrogens is 453 g/mol. The molecule has 0 atom stereocenters. The van der Waals surface area contributed by atoms with E-state index in [1.807, 2.05) is 0 Å². The molecule has 1 aliphatic rings. The van der Waals surface area contributed by atoms with Gasteiger partial charge >= 0.3 is 6.18 Å². The second-order valence-electron chi connectivity index (χ2n) is 7.92. The molecule has 0 unspecified atom stereocenters. The number of Topliss-reactive ketones (excluding diaryl/α,β-unsaturated/α-hetero) is 1. The highest BCUT2D eigenvalue weighted by Crippen LogP contribution is 2.30. The number of ether oxygens (including phenoxy) is 2. The van der Waals surface area contributed by atoms with Gasteiger partial charge in [-0.1, -0.05) is 19.3 Å². The van der Waals surface area contributed by atoms with Crippen molar-refractivity contribution in [1.29, 1.82) is 0 Å². The van der Waals surface area contributed by atoms with E-state index in [1.54, 1.807) is 0 Å². The number of ketones is 1. The Bertz CT molecular complexity index is 1030. The van der Waals surface area contributed by atoms with Crippen molar-refractivity contribution in [3.8, 4) is 11.5 Å². The van der Waals surface area contributed by atoms with Crippen molar-refractivity contribution >= 4 is 23.3 Å². The Balaban J connectivity index is 1.57. The van der Waals surface area contributed by atoms with Gasteiger partial charge in [0.05, 0.1) is 12.7 Å². The minimum absolute atomic E-state index is 0.00196. The number of methoxy groups -OCH3 is 1. The first-order chi connectivity index (χ1) is 16.2. The average molecular weight is 478 g/mol. The van der Waals surface area contributed by atoms with Gasteiger partial charge in [-0.2, -0.15) is 13.2 Å². The molecule has 2 amide bonds. The second kappa shape index (κ2) is 11.0. The lowest BCUT2D eigenvalue weighted by molar-refractivity contribution is -0.137. The summed E-state index contributed by atoms with van der Waals surface area (Å²) in [6.07, 6.45) is 0.401. The zero-order valence-corrected chi connectivity index (χ0v) is 18.5. The number of carbonyl (C=O) groups excluding carboxylic acids is 3. The summed E-state index contributed by atoms with van der Waals surface area (Å²) >= 11 is 0. The van der Waals surface area contributed by atoms with Crippen LogP contribution in [0.2, 0.25) is 0 Å². The van der Waals surface area contributed by atoms with E-state index in [1.165, 1.54) is 25.3 Å². The Kier molecular flexibility index (Phi) is 8.14. The smallest absolute Gasteiger partial charge is 0.416 e.